The molecule has 1 unspecified atom stereocenters. The number of piperidine rings is 1. The number of nitrogens with zero attached hydrogens (tertiary/aromatic N) is 1. The van der Waals surface area contributed by atoms with Crippen LogP contribution in [0.4, 0.5) is 0 Å². The van der Waals surface area contributed by atoms with Gasteiger partial charge < -0.3 is 15.1 Å². The molecule has 2 aromatic rings. The molecule has 1 aromatic carbocycles. The van der Waals surface area contributed by atoms with Crippen LogP contribution in [0.5, 0.6) is 0 Å². The van der Waals surface area contributed by atoms with Crippen molar-refractivity contribution in [3.63, 3.8) is 0 Å². The lowest BCUT2D eigenvalue weighted by molar-refractivity contribution is 0.0505. The fourth-order valence-corrected chi connectivity index (χ4v) is 2.97. The fourth-order valence-electron chi connectivity index (χ4n) is 2.97. The lowest BCUT2D eigenvalue weighted by atomic mass is 9.79. The van der Waals surface area contributed by atoms with E-state index < -0.39 is 0 Å². The number of fused-ring (bicyclic) bond motifs is 1. The predicted molar refractivity (Wildman–Crippen MR) is 83.2 cm³/mol. The number of carbonyl (C=O) groups excluding carboxylic acids is 1. The van der Waals surface area contributed by atoms with Gasteiger partial charge in [-0.15, -0.1) is 0 Å². The van der Waals surface area contributed by atoms with Gasteiger partial charge in [0.05, 0.1) is 0 Å². The van der Waals surface area contributed by atoms with Crippen LogP contribution in [0.3, 0.4) is 0 Å². The Labute approximate surface area is 124 Å². The van der Waals surface area contributed by atoms with E-state index in [0.29, 0.717) is 18.8 Å². The van der Waals surface area contributed by atoms with Crippen molar-refractivity contribution in [3.05, 3.63) is 35.6 Å². The SMILES string of the molecule is Cc1ccc2oc(C(=O)N3CCC(N)C(C)(C)C3)cc2c1. The van der Waals surface area contributed by atoms with E-state index in [1.807, 2.05) is 36.1 Å². The van der Waals surface area contributed by atoms with Crippen molar-refractivity contribution >= 4 is 16.9 Å². The Morgan fingerprint density at radius 1 is 1.38 bits per heavy atom. The minimum absolute atomic E-state index is 0.0381. The lowest BCUT2D eigenvalue weighted by Crippen LogP contribution is -2.53. The minimum Gasteiger partial charge on any atom is -0.451 e. The molecule has 1 aliphatic heterocycles. The summed E-state index contributed by atoms with van der Waals surface area (Å²) in [4.78, 5) is 14.5. The summed E-state index contributed by atoms with van der Waals surface area (Å²) in [6.07, 6.45) is 0.831. The monoisotopic (exact) mass is 286 g/mol. The average Bonchev–Trinajstić information content (AvgIpc) is 2.83. The van der Waals surface area contributed by atoms with Gasteiger partial charge in [-0.25, -0.2) is 0 Å². The highest BCUT2D eigenvalue weighted by Crippen LogP contribution is 2.29. The standard InChI is InChI=1S/C17H22N2O2/c1-11-4-5-13-12(8-11)9-14(21-13)16(20)19-7-6-15(18)17(2,3)10-19/h4-5,8-9,15H,6-7,10,18H2,1-3H3. The van der Waals surface area contributed by atoms with Gasteiger partial charge in [-0.2, -0.15) is 0 Å². The van der Waals surface area contributed by atoms with Gasteiger partial charge in [0.1, 0.15) is 5.58 Å². The van der Waals surface area contributed by atoms with Crippen LogP contribution in [-0.4, -0.2) is 29.9 Å². The van der Waals surface area contributed by atoms with Gasteiger partial charge in [-0.3, -0.25) is 4.79 Å². The van der Waals surface area contributed by atoms with E-state index in [2.05, 4.69) is 13.8 Å². The highest BCUT2D eigenvalue weighted by Gasteiger charge is 2.36. The summed E-state index contributed by atoms with van der Waals surface area (Å²) in [6.45, 7) is 7.61. The Bertz CT molecular complexity index is 687. The third-order valence-corrected chi connectivity index (χ3v) is 4.48. The van der Waals surface area contributed by atoms with Gasteiger partial charge in [0.25, 0.3) is 5.91 Å². The zero-order valence-electron chi connectivity index (χ0n) is 12.8. The second-order valence-corrected chi connectivity index (χ2v) is 6.76. The smallest absolute Gasteiger partial charge is 0.289 e. The zero-order chi connectivity index (χ0) is 15.2. The van der Waals surface area contributed by atoms with Crippen LogP contribution in [-0.2, 0) is 0 Å². The Morgan fingerprint density at radius 2 is 2.14 bits per heavy atom. The van der Waals surface area contributed by atoms with Gasteiger partial charge in [0.2, 0.25) is 0 Å². The fraction of sp³-hybridized carbons (Fsp3) is 0.471. The van der Waals surface area contributed by atoms with E-state index in [-0.39, 0.29) is 17.4 Å². The van der Waals surface area contributed by atoms with Crippen LogP contribution in [0.25, 0.3) is 11.0 Å². The first-order valence-electron chi connectivity index (χ1n) is 7.42. The molecule has 21 heavy (non-hydrogen) atoms. The summed E-state index contributed by atoms with van der Waals surface area (Å²) < 4.78 is 5.71. The van der Waals surface area contributed by atoms with E-state index in [1.165, 1.54) is 0 Å². The summed E-state index contributed by atoms with van der Waals surface area (Å²) in [7, 11) is 0. The molecule has 0 radical (unpaired) electrons. The average molecular weight is 286 g/mol. The molecule has 1 amide bonds. The number of carbonyl (C=O) groups is 1. The Balaban J connectivity index is 1.87. The van der Waals surface area contributed by atoms with E-state index in [4.69, 9.17) is 10.2 Å². The van der Waals surface area contributed by atoms with Gasteiger partial charge >= 0.3 is 0 Å². The van der Waals surface area contributed by atoms with Crippen LogP contribution < -0.4 is 5.73 Å². The maximum absolute atomic E-state index is 12.6. The molecule has 0 spiro atoms. The van der Waals surface area contributed by atoms with Crippen molar-refractivity contribution in [2.24, 2.45) is 11.1 Å². The molecule has 4 heteroatoms. The van der Waals surface area contributed by atoms with E-state index >= 15 is 0 Å². The number of hydrogen-bond donors (Lipinski definition) is 1. The first-order chi connectivity index (χ1) is 9.87. The summed E-state index contributed by atoms with van der Waals surface area (Å²) in [6, 6.07) is 7.92. The van der Waals surface area contributed by atoms with Crippen LogP contribution in [0, 0.1) is 12.3 Å². The zero-order valence-corrected chi connectivity index (χ0v) is 12.8. The van der Waals surface area contributed by atoms with Crippen LogP contribution in [0.1, 0.15) is 36.4 Å². The maximum Gasteiger partial charge on any atom is 0.289 e. The second-order valence-electron chi connectivity index (χ2n) is 6.76. The molecule has 3 rings (SSSR count). The van der Waals surface area contributed by atoms with Crippen molar-refractivity contribution in [2.75, 3.05) is 13.1 Å². The lowest BCUT2D eigenvalue weighted by Gasteiger charge is -2.42. The number of furan rings is 1. The van der Waals surface area contributed by atoms with Crippen LogP contribution >= 0.6 is 0 Å². The highest BCUT2D eigenvalue weighted by molar-refractivity contribution is 5.96. The molecule has 0 saturated carbocycles. The minimum atomic E-state index is -0.0590. The molecule has 2 N–H and O–H groups in total. The number of rotatable bonds is 1. The molecule has 1 aliphatic rings. The topological polar surface area (TPSA) is 59.5 Å². The van der Waals surface area contributed by atoms with Gasteiger partial charge in [-0.05, 0) is 37.0 Å². The number of aryl methyl sites for hydroxylation is 1. The molecule has 1 fully saturated rings. The van der Waals surface area contributed by atoms with Crippen molar-refractivity contribution < 1.29 is 9.21 Å². The molecule has 1 saturated heterocycles. The Hall–Kier alpha value is -1.81. The van der Waals surface area contributed by atoms with Gasteiger partial charge in [0, 0.05) is 24.5 Å². The first kappa shape index (κ1) is 14.1. The highest BCUT2D eigenvalue weighted by atomic mass is 16.3. The summed E-state index contributed by atoms with van der Waals surface area (Å²) in [5.74, 6) is 0.380. The van der Waals surface area contributed by atoms with Gasteiger partial charge in [0.15, 0.2) is 5.76 Å². The molecular formula is C17H22N2O2. The summed E-state index contributed by atoms with van der Waals surface area (Å²) in [5, 5.41) is 0.978. The van der Waals surface area contributed by atoms with Crippen molar-refractivity contribution in [2.45, 2.75) is 33.2 Å². The molecule has 0 aliphatic carbocycles. The third-order valence-electron chi connectivity index (χ3n) is 4.48. The van der Waals surface area contributed by atoms with Gasteiger partial charge in [-0.1, -0.05) is 25.5 Å². The molecule has 112 valence electrons. The summed E-state index contributed by atoms with van der Waals surface area (Å²) in [5.41, 5.74) is 7.99. The van der Waals surface area contributed by atoms with Crippen molar-refractivity contribution in [3.8, 4) is 0 Å². The number of amides is 1. The molecular weight excluding hydrogens is 264 g/mol. The quantitative estimate of drug-likeness (QED) is 0.876. The second kappa shape index (κ2) is 4.88. The largest absolute Gasteiger partial charge is 0.451 e. The Kier molecular flexibility index (Phi) is 3.29. The first-order valence-corrected chi connectivity index (χ1v) is 7.42. The van der Waals surface area contributed by atoms with E-state index in [0.717, 1.165) is 23.0 Å². The van der Waals surface area contributed by atoms with E-state index in [1.54, 1.807) is 0 Å². The predicted octanol–water partition coefficient (Wildman–Crippen LogP) is 2.94. The molecule has 4 nitrogen and oxygen atoms in total. The molecule has 2 heterocycles. The summed E-state index contributed by atoms with van der Waals surface area (Å²) >= 11 is 0. The molecule has 0 bridgehead atoms. The molecule has 1 aromatic heterocycles. The Morgan fingerprint density at radius 3 is 2.86 bits per heavy atom. The van der Waals surface area contributed by atoms with Crippen LogP contribution in [0.15, 0.2) is 28.7 Å². The van der Waals surface area contributed by atoms with Crippen molar-refractivity contribution in [1.82, 2.24) is 4.90 Å². The number of hydrogen-bond acceptors (Lipinski definition) is 3. The molecule has 1 atom stereocenters. The number of benzene rings is 1. The number of nitrogens with two attached hydrogens (primary N) is 1. The normalized spacial score (nSPS) is 21.7. The number of likely N-dealkylation sites (tertiary alicyclic amines) is 1. The van der Waals surface area contributed by atoms with Crippen LogP contribution in [0.2, 0.25) is 0 Å². The van der Waals surface area contributed by atoms with Crippen molar-refractivity contribution in [1.29, 1.82) is 0 Å². The third kappa shape index (κ3) is 2.56. The van der Waals surface area contributed by atoms with E-state index in [9.17, 15) is 4.79 Å². The maximum atomic E-state index is 12.6.